The van der Waals surface area contributed by atoms with Crippen molar-refractivity contribution in [1.29, 1.82) is 0 Å². The summed E-state index contributed by atoms with van der Waals surface area (Å²) >= 11 is 0. The molecule has 3 heterocycles. The van der Waals surface area contributed by atoms with Crippen molar-refractivity contribution in [1.82, 2.24) is 14.5 Å². The molecule has 1 aliphatic heterocycles. The van der Waals surface area contributed by atoms with Crippen LogP contribution < -0.4 is 16.2 Å². The number of primary amides is 1. The predicted octanol–water partition coefficient (Wildman–Crippen LogP) is 1.91. The van der Waals surface area contributed by atoms with Gasteiger partial charge in [-0.15, -0.1) is 0 Å². The fourth-order valence-corrected chi connectivity index (χ4v) is 3.58. The number of aromatic nitrogens is 3. The molecular formula is C22H23N5O3. The Bertz CT molecular complexity index is 1110. The summed E-state index contributed by atoms with van der Waals surface area (Å²) in [6.07, 6.45) is 3.88. The molecule has 1 atom stereocenters. The van der Waals surface area contributed by atoms with Crippen molar-refractivity contribution in [2.75, 3.05) is 24.6 Å². The third-order valence-corrected chi connectivity index (χ3v) is 5.19. The largest absolute Gasteiger partial charge is 0.372 e. The third-order valence-electron chi connectivity index (χ3n) is 5.19. The fraction of sp³-hybridized carbons (Fsp3) is 0.273. The molecule has 2 N–H and O–H groups in total. The van der Waals surface area contributed by atoms with E-state index in [1.165, 1.54) is 6.07 Å². The van der Waals surface area contributed by atoms with Crippen molar-refractivity contribution < 1.29 is 9.53 Å². The SMILES string of the molecule is Cn1c(N2CCCO[C@H](c3cccc(C(N)=O)c3)C2)nc(-c2ccncc2)cc1=O. The molecule has 4 rings (SSSR count). The summed E-state index contributed by atoms with van der Waals surface area (Å²) in [5.41, 5.74) is 8.04. The van der Waals surface area contributed by atoms with Gasteiger partial charge in [-0.3, -0.25) is 19.1 Å². The summed E-state index contributed by atoms with van der Waals surface area (Å²) in [6, 6.07) is 12.3. The highest BCUT2D eigenvalue weighted by Gasteiger charge is 2.24. The maximum Gasteiger partial charge on any atom is 0.255 e. The van der Waals surface area contributed by atoms with Gasteiger partial charge in [0.25, 0.3) is 5.56 Å². The molecule has 1 aromatic carbocycles. The van der Waals surface area contributed by atoms with E-state index in [0.717, 1.165) is 17.5 Å². The van der Waals surface area contributed by atoms with Gasteiger partial charge in [-0.25, -0.2) is 4.98 Å². The molecule has 1 saturated heterocycles. The molecule has 1 amide bonds. The third kappa shape index (κ3) is 4.08. The Balaban J connectivity index is 1.69. The molecule has 0 radical (unpaired) electrons. The molecule has 8 heteroatoms. The van der Waals surface area contributed by atoms with Gasteiger partial charge in [0.05, 0.1) is 12.2 Å². The van der Waals surface area contributed by atoms with E-state index in [4.69, 9.17) is 15.5 Å². The summed E-state index contributed by atoms with van der Waals surface area (Å²) in [4.78, 5) is 35.1. The second-order valence-corrected chi connectivity index (χ2v) is 7.22. The van der Waals surface area contributed by atoms with E-state index in [1.54, 1.807) is 42.2 Å². The summed E-state index contributed by atoms with van der Waals surface area (Å²) in [5.74, 6) is 0.104. The number of nitrogens with zero attached hydrogens (tertiary/aromatic N) is 4. The van der Waals surface area contributed by atoms with E-state index in [9.17, 15) is 9.59 Å². The Labute approximate surface area is 173 Å². The molecule has 0 spiro atoms. The first-order valence-corrected chi connectivity index (χ1v) is 9.78. The minimum Gasteiger partial charge on any atom is -0.372 e. The molecular weight excluding hydrogens is 382 g/mol. The Morgan fingerprint density at radius 3 is 2.77 bits per heavy atom. The van der Waals surface area contributed by atoms with Crippen LogP contribution in [0.3, 0.4) is 0 Å². The molecule has 30 heavy (non-hydrogen) atoms. The van der Waals surface area contributed by atoms with Gasteiger partial charge < -0.3 is 15.4 Å². The Hall–Kier alpha value is -3.52. The standard InChI is InChI=1S/C22H23N5O3/c1-26-20(28)13-18(15-6-8-24-9-7-15)25-22(26)27-10-3-11-30-19(14-27)16-4-2-5-17(12-16)21(23)29/h2,4-9,12-13,19H,3,10-11,14H2,1H3,(H2,23,29)/t19-/m0/s1. The maximum absolute atomic E-state index is 12.6. The van der Waals surface area contributed by atoms with Crippen LogP contribution in [0.15, 0.2) is 59.7 Å². The molecule has 1 fully saturated rings. The van der Waals surface area contributed by atoms with Crippen LogP contribution in [-0.2, 0) is 11.8 Å². The van der Waals surface area contributed by atoms with Crippen LogP contribution in [0.5, 0.6) is 0 Å². The van der Waals surface area contributed by atoms with Gasteiger partial charge in [-0.05, 0) is 36.2 Å². The maximum atomic E-state index is 12.6. The van der Waals surface area contributed by atoms with Crippen LogP contribution in [0.2, 0.25) is 0 Å². The second-order valence-electron chi connectivity index (χ2n) is 7.22. The van der Waals surface area contributed by atoms with Crippen LogP contribution in [0, 0.1) is 0 Å². The number of hydrogen-bond acceptors (Lipinski definition) is 6. The zero-order valence-corrected chi connectivity index (χ0v) is 16.7. The van der Waals surface area contributed by atoms with E-state index in [2.05, 4.69) is 9.88 Å². The first-order chi connectivity index (χ1) is 14.5. The number of pyridine rings is 1. The van der Waals surface area contributed by atoms with Crippen molar-refractivity contribution >= 4 is 11.9 Å². The number of amides is 1. The summed E-state index contributed by atoms with van der Waals surface area (Å²) < 4.78 is 7.59. The van der Waals surface area contributed by atoms with Crippen molar-refractivity contribution in [3.8, 4) is 11.3 Å². The van der Waals surface area contributed by atoms with Crippen LogP contribution in [0.1, 0.15) is 28.4 Å². The number of hydrogen-bond donors (Lipinski definition) is 1. The van der Waals surface area contributed by atoms with Crippen LogP contribution in [0.25, 0.3) is 11.3 Å². The van der Waals surface area contributed by atoms with E-state index in [-0.39, 0.29) is 11.7 Å². The summed E-state index contributed by atoms with van der Waals surface area (Å²) in [7, 11) is 1.72. The minimum atomic E-state index is -0.476. The van der Waals surface area contributed by atoms with E-state index < -0.39 is 5.91 Å². The average molecular weight is 405 g/mol. The molecule has 8 nitrogen and oxygen atoms in total. The van der Waals surface area contributed by atoms with Gasteiger partial charge in [-0.1, -0.05) is 12.1 Å². The first-order valence-electron chi connectivity index (χ1n) is 9.78. The van der Waals surface area contributed by atoms with E-state index in [0.29, 0.717) is 36.9 Å². The zero-order chi connectivity index (χ0) is 21.1. The van der Waals surface area contributed by atoms with E-state index >= 15 is 0 Å². The number of ether oxygens (including phenoxy) is 1. The smallest absolute Gasteiger partial charge is 0.255 e. The van der Waals surface area contributed by atoms with Crippen LogP contribution in [0.4, 0.5) is 5.95 Å². The average Bonchev–Trinajstić information content (AvgIpc) is 3.02. The first kappa shape index (κ1) is 19.8. The summed E-state index contributed by atoms with van der Waals surface area (Å²) in [5, 5.41) is 0. The number of carbonyl (C=O) groups is 1. The predicted molar refractivity (Wildman–Crippen MR) is 113 cm³/mol. The van der Waals surface area contributed by atoms with Gasteiger partial charge in [0, 0.05) is 49.8 Å². The van der Waals surface area contributed by atoms with Gasteiger partial charge in [-0.2, -0.15) is 0 Å². The lowest BCUT2D eigenvalue weighted by atomic mass is 10.1. The fourth-order valence-electron chi connectivity index (χ4n) is 3.58. The van der Waals surface area contributed by atoms with Gasteiger partial charge in [0.1, 0.15) is 6.10 Å². The van der Waals surface area contributed by atoms with Crippen LogP contribution in [-0.4, -0.2) is 40.1 Å². The minimum absolute atomic E-state index is 0.135. The second kappa shape index (κ2) is 8.46. The Morgan fingerprint density at radius 2 is 2.00 bits per heavy atom. The zero-order valence-electron chi connectivity index (χ0n) is 16.7. The number of benzene rings is 1. The lowest BCUT2D eigenvalue weighted by molar-refractivity contribution is 0.0685. The molecule has 0 aliphatic carbocycles. The van der Waals surface area contributed by atoms with Crippen molar-refractivity contribution in [2.24, 2.45) is 12.8 Å². The highest BCUT2D eigenvalue weighted by atomic mass is 16.5. The normalized spacial score (nSPS) is 16.8. The quantitative estimate of drug-likeness (QED) is 0.711. The molecule has 1 aliphatic rings. The van der Waals surface area contributed by atoms with Crippen molar-refractivity contribution in [3.63, 3.8) is 0 Å². The molecule has 2 aromatic heterocycles. The van der Waals surface area contributed by atoms with E-state index in [1.807, 2.05) is 18.2 Å². The van der Waals surface area contributed by atoms with Crippen molar-refractivity contribution in [3.05, 3.63) is 76.3 Å². The lowest BCUT2D eigenvalue weighted by Gasteiger charge is -2.27. The lowest BCUT2D eigenvalue weighted by Crippen LogP contribution is -2.34. The van der Waals surface area contributed by atoms with Gasteiger partial charge >= 0.3 is 0 Å². The highest BCUT2D eigenvalue weighted by Crippen LogP contribution is 2.26. The van der Waals surface area contributed by atoms with Gasteiger partial charge in [0.2, 0.25) is 11.9 Å². The number of rotatable bonds is 4. The van der Waals surface area contributed by atoms with Gasteiger partial charge in [0.15, 0.2) is 0 Å². The monoisotopic (exact) mass is 405 g/mol. The molecule has 154 valence electrons. The number of nitrogens with two attached hydrogens (primary N) is 1. The molecule has 0 bridgehead atoms. The highest BCUT2D eigenvalue weighted by molar-refractivity contribution is 5.92. The Kier molecular flexibility index (Phi) is 5.58. The van der Waals surface area contributed by atoms with Crippen LogP contribution >= 0.6 is 0 Å². The molecule has 3 aromatic rings. The van der Waals surface area contributed by atoms with Crippen molar-refractivity contribution in [2.45, 2.75) is 12.5 Å². The topological polar surface area (TPSA) is 103 Å². The summed E-state index contributed by atoms with van der Waals surface area (Å²) in [6.45, 7) is 1.77. The molecule has 0 saturated carbocycles. The number of anilines is 1. The number of carbonyl (C=O) groups excluding carboxylic acids is 1. The Morgan fingerprint density at radius 1 is 1.20 bits per heavy atom. The molecule has 0 unspecified atom stereocenters.